The molecule has 4 N–H and O–H groups in total. The number of nitrogens with one attached hydrogen (secondary N) is 2. The van der Waals surface area contributed by atoms with Crippen molar-refractivity contribution < 1.29 is 9.53 Å². The van der Waals surface area contributed by atoms with Crippen LogP contribution in [0, 0.1) is 0 Å². The summed E-state index contributed by atoms with van der Waals surface area (Å²) in [6.07, 6.45) is 4.67. The quantitative estimate of drug-likeness (QED) is 0.462. The molecule has 1 aliphatic rings. The Morgan fingerprint density at radius 3 is 2.57 bits per heavy atom. The Morgan fingerprint density at radius 2 is 1.87 bits per heavy atom. The third-order valence-electron chi connectivity index (χ3n) is 5.38. The Kier molecular flexibility index (Phi) is 8.12. The molecule has 6 nitrogen and oxygen atoms in total. The van der Waals surface area contributed by atoms with Crippen LogP contribution in [0.5, 0.6) is 5.75 Å². The van der Waals surface area contributed by atoms with E-state index in [2.05, 4.69) is 47.9 Å². The molecule has 0 aliphatic heterocycles. The van der Waals surface area contributed by atoms with E-state index in [0.29, 0.717) is 24.3 Å². The highest BCUT2D eigenvalue weighted by atomic mass is 16.5. The molecule has 0 saturated heterocycles. The summed E-state index contributed by atoms with van der Waals surface area (Å²) in [5.74, 6) is 1.63. The normalized spacial score (nSPS) is 19.2. The third kappa shape index (κ3) is 6.79. The lowest BCUT2D eigenvalue weighted by molar-refractivity contribution is -0.119. The van der Waals surface area contributed by atoms with Crippen LogP contribution in [0.2, 0.25) is 0 Å². The van der Waals surface area contributed by atoms with Gasteiger partial charge in [-0.05, 0) is 61.8 Å². The SMILES string of the molecule is CCNC(=NCc1cccc(OCC(N)=O)c1)NC1CCC(c2ccccc2)CC1. The lowest BCUT2D eigenvalue weighted by Gasteiger charge is -2.30. The molecule has 1 saturated carbocycles. The Bertz CT molecular complexity index is 830. The molecule has 1 amide bonds. The van der Waals surface area contributed by atoms with Crippen LogP contribution < -0.4 is 21.1 Å². The molecule has 0 atom stereocenters. The van der Waals surface area contributed by atoms with Crippen molar-refractivity contribution in [3.63, 3.8) is 0 Å². The van der Waals surface area contributed by atoms with E-state index in [1.165, 1.54) is 18.4 Å². The number of rotatable bonds is 8. The van der Waals surface area contributed by atoms with Crippen molar-refractivity contribution in [2.24, 2.45) is 10.7 Å². The van der Waals surface area contributed by atoms with Gasteiger partial charge in [-0.25, -0.2) is 4.99 Å². The van der Waals surface area contributed by atoms with Crippen molar-refractivity contribution in [1.82, 2.24) is 10.6 Å². The van der Waals surface area contributed by atoms with Crippen LogP contribution in [0.25, 0.3) is 0 Å². The number of primary amides is 1. The van der Waals surface area contributed by atoms with Crippen molar-refractivity contribution in [2.75, 3.05) is 13.2 Å². The van der Waals surface area contributed by atoms with Crippen LogP contribution in [0.1, 0.15) is 49.7 Å². The molecule has 2 aromatic carbocycles. The zero-order chi connectivity index (χ0) is 21.2. The summed E-state index contributed by atoms with van der Waals surface area (Å²) >= 11 is 0. The Morgan fingerprint density at radius 1 is 1.10 bits per heavy atom. The number of hydrogen-bond donors (Lipinski definition) is 3. The third-order valence-corrected chi connectivity index (χ3v) is 5.38. The van der Waals surface area contributed by atoms with E-state index in [-0.39, 0.29) is 6.61 Å². The first-order valence-corrected chi connectivity index (χ1v) is 10.7. The first-order chi connectivity index (χ1) is 14.6. The van der Waals surface area contributed by atoms with Crippen molar-refractivity contribution in [2.45, 2.75) is 51.1 Å². The molecule has 0 radical (unpaired) electrons. The fraction of sp³-hybridized carbons (Fsp3) is 0.417. The predicted octanol–water partition coefficient (Wildman–Crippen LogP) is 3.33. The van der Waals surface area contributed by atoms with Crippen molar-refractivity contribution in [3.8, 4) is 5.75 Å². The number of benzene rings is 2. The second-order valence-electron chi connectivity index (χ2n) is 7.70. The number of carbonyl (C=O) groups excluding carboxylic acids is 1. The van der Waals surface area contributed by atoms with Gasteiger partial charge in [0.05, 0.1) is 6.54 Å². The summed E-state index contributed by atoms with van der Waals surface area (Å²) in [4.78, 5) is 15.6. The maximum absolute atomic E-state index is 10.9. The van der Waals surface area contributed by atoms with Crippen molar-refractivity contribution in [1.29, 1.82) is 0 Å². The highest BCUT2D eigenvalue weighted by Crippen LogP contribution is 2.32. The van der Waals surface area contributed by atoms with E-state index >= 15 is 0 Å². The molecule has 30 heavy (non-hydrogen) atoms. The number of carbonyl (C=O) groups is 1. The molecule has 0 spiro atoms. The number of guanidine groups is 1. The van der Waals surface area contributed by atoms with Gasteiger partial charge in [0.25, 0.3) is 5.91 Å². The van der Waals surface area contributed by atoms with Crippen LogP contribution in [0.15, 0.2) is 59.6 Å². The highest BCUT2D eigenvalue weighted by molar-refractivity contribution is 5.80. The largest absolute Gasteiger partial charge is 0.484 e. The van der Waals surface area contributed by atoms with E-state index in [0.717, 1.165) is 30.9 Å². The number of amides is 1. The number of nitrogens with two attached hydrogens (primary N) is 1. The predicted molar refractivity (Wildman–Crippen MR) is 121 cm³/mol. The van der Waals surface area contributed by atoms with E-state index in [1.807, 2.05) is 24.3 Å². The Balaban J connectivity index is 1.54. The van der Waals surface area contributed by atoms with Gasteiger partial charge in [0.1, 0.15) is 5.75 Å². The van der Waals surface area contributed by atoms with Gasteiger partial charge in [0.15, 0.2) is 12.6 Å². The van der Waals surface area contributed by atoms with E-state index in [4.69, 9.17) is 15.5 Å². The minimum Gasteiger partial charge on any atom is -0.484 e. The summed E-state index contributed by atoms with van der Waals surface area (Å²) in [6, 6.07) is 18.8. The smallest absolute Gasteiger partial charge is 0.255 e. The zero-order valence-electron chi connectivity index (χ0n) is 17.6. The second kappa shape index (κ2) is 11.2. The topological polar surface area (TPSA) is 88.7 Å². The fourth-order valence-corrected chi connectivity index (χ4v) is 3.87. The van der Waals surface area contributed by atoms with Gasteiger partial charge in [-0.15, -0.1) is 0 Å². The minimum absolute atomic E-state index is 0.122. The fourth-order valence-electron chi connectivity index (χ4n) is 3.87. The Labute approximate surface area is 178 Å². The lowest BCUT2D eigenvalue weighted by Crippen LogP contribution is -2.44. The number of nitrogens with zero attached hydrogens (tertiary/aromatic N) is 1. The lowest BCUT2D eigenvalue weighted by atomic mass is 9.82. The maximum atomic E-state index is 10.9. The molecular formula is C24H32N4O2. The van der Waals surface area contributed by atoms with Gasteiger partial charge in [0, 0.05) is 12.6 Å². The molecular weight excluding hydrogens is 376 g/mol. The van der Waals surface area contributed by atoms with Crippen LogP contribution in [-0.4, -0.2) is 31.1 Å². The molecule has 6 heteroatoms. The molecule has 0 unspecified atom stereocenters. The molecule has 1 fully saturated rings. The van der Waals surface area contributed by atoms with Gasteiger partial charge in [-0.2, -0.15) is 0 Å². The van der Waals surface area contributed by atoms with Crippen molar-refractivity contribution in [3.05, 3.63) is 65.7 Å². The molecule has 0 heterocycles. The number of hydrogen-bond acceptors (Lipinski definition) is 3. The average Bonchev–Trinajstić information content (AvgIpc) is 2.78. The van der Waals surface area contributed by atoms with Crippen LogP contribution >= 0.6 is 0 Å². The molecule has 1 aliphatic carbocycles. The summed E-state index contributed by atoms with van der Waals surface area (Å²) < 4.78 is 5.38. The monoisotopic (exact) mass is 408 g/mol. The number of aliphatic imine (C=N–C) groups is 1. The summed E-state index contributed by atoms with van der Waals surface area (Å²) in [7, 11) is 0. The molecule has 2 aromatic rings. The molecule has 0 bridgehead atoms. The maximum Gasteiger partial charge on any atom is 0.255 e. The molecule has 0 aromatic heterocycles. The second-order valence-corrected chi connectivity index (χ2v) is 7.70. The first kappa shape index (κ1) is 21.7. The van der Waals surface area contributed by atoms with Gasteiger partial charge in [0.2, 0.25) is 0 Å². The highest BCUT2D eigenvalue weighted by Gasteiger charge is 2.22. The molecule has 160 valence electrons. The van der Waals surface area contributed by atoms with E-state index in [1.54, 1.807) is 0 Å². The van der Waals surface area contributed by atoms with E-state index in [9.17, 15) is 4.79 Å². The van der Waals surface area contributed by atoms with Gasteiger partial charge < -0.3 is 21.1 Å². The van der Waals surface area contributed by atoms with Gasteiger partial charge in [-0.1, -0.05) is 42.5 Å². The zero-order valence-corrected chi connectivity index (χ0v) is 17.6. The average molecular weight is 409 g/mol. The molecule has 3 rings (SSSR count). The van der Waals surface area contributed by atoms with Crippen LogP contribution in [0.3, 0.4) is 0 Å². The van der Waals surface area contributed by atoms with Crippen molar-refractivity contribution >= 4 is 11.9 Å². The number of ether oxygens (including phenoxy) is 1. The minimum atomic E-state index is -0.487. The summed E-state index contributed by atoms with van der Waals surface area (Å²) in [5.41, 5.74) is 7.61. The summed E-state index contributed by atoms with van der Waals surface area (Å²) in [6.45, 7) is 3.29. The summed E-state index contributed by atoms with van der Waals surface area (Å²) in [5, 5.41) is 6.94. The van der Waals surface area contributed by atoms with Crippen LogP contribution in [0.4, 0.5) is 0 Å². The Hall–Kier alpha value is -3.02. The first-order valence-electron chi connectivity index (χ1n) is 10.7. The van der Waals surface area contributed by atoms with Gasteiger partial charge in [-0.3, -0.25) is 4.79 Å². The van der Waals surface area contributed by atoms with E-state index < -0.39 is 5.91 Å². The standard InChI is InChI=1S/C24H32N4O2/c1-2-26-24(27-16-18-7-6-10-22(15-18)30-17-23(25)29)28-21-13-11-20(12-14-21)19-8-4-3-5-9-19/h3-10,15,20-21H,2,11-14,16-17H2,1H3,(H2,25,29)(H2,26,27,28). The van der Waals surface area contributed by atoms with Crippen LogP contribution in [-0.2, 0) is 11.3 Å². The van der Waals surface area contributed by atoms with Gasteiger partial charge >= 0.3 is 0 Å².